The molecular formula is C11H14N2O5. The van der Waals surface area contributed by atoms with Gasteiger partial charge in [-0.25, -0.2) is 9.78 Å². The number of aryl methyl sites for hydroxylation is 1. The molecule has 0 saturated carbocycles. The molecule has 1 amide bonds. The smallest absolute Gasteiger partial charge is 0.328 e. The molecule has 0 bridgehead atoms. The summed E-state index contributed by atoms with van der Waals surface area (Å²) in [7, 11) is 0. The van der Waals surface area contributed by atoms with Gasteiger partial charge in [0.15, 0.2) is 18.1 Å². The lowest BCUT2D eigenvalue weighted by atomic mass is 10.2. The number of rotatable bonds is 3. The van der Waals surface area contributed by atoms with Crippen LogP contribution in [0.1, 0.15) is 23.2 Å². The van der Waals surface area contributed by atoms with Gasteiger partial charge >= 0.3 is 5.97 Å². The van der Waals surface area contributed by atoms with E-state index < -0.39 is 17.9 Å². The molecule has 1 N–H and O–H groups in total. The van der Waals surface area contributed by atoms with Gasteiger partial charge < -0.3 is 19.2 Å². The largest absolute Gasteiger partial charge is 0.480 e. The van der Waals surface area contributed by atoms with Crippen molar-refractivity contribution in [2.24, 2.45) is 0 Å². The Morgan fingerprint density at radius 3 is 3.06 bits per heavy atom. The number of nitrogens with zero attached hydrogens (tertiary/aromatic N) is 2. The highest BCUT2D eigenvalue weighted by molar-refractivity contribution is 5.95. The number of aliphatic carboxylic acids is 1. The lowest BCUT2D eigenvalue weighted by Crippen LogP contribution is -2.52. The highest BCUT2D eigenvalue weighted by Crippen LogP contribution is 2.15. The van der Waals surface area contributed by atoms with E-state index in [0.29, 0.717) is 18.8 Å². The fraction of sp³-hybridized carbons (Fsp3) is 0.545. The van der Waals surface area contributed by atoms with Crippen molar-refractivity contribution >= 4 is 11.9 Å². The molecule has 0 aromatic carbocycles. The summed E-state index contributed by atoms with van der Waals surface area (Å²) in [6.45, 7) is 2.41. The van der Waals surface area contributed by atoms with Crippen LogP contribution in [-0.2, 0) is 16.0 Å². The van der Waals surface area contributed by atoms with Gasteiger partial charge in [0.25, 0.3) is 5.91 Å². The zero-order valence-electron chi connectivity index (χ0n) is 9.96. The fourth-order valence-electron chi connectivity index (χ4n) is 1.88. The maximum atomic E-state index is 12.2. The maximum absolute atomic E-state index is 12.2. The fourth-order valence-corrected chi connectivity index (χ4v) is 1.88. The number of carbonyl (C=O) groups excluding carboxylic acids is 1. The third-order valence-corrected chi connectivity index (χ3v) is 2.84. The van der Waals surface area contributed by atoms with Gasteiger partial charge in [0.2, 0.25) is 0 Å². The number of oxazole rings is 1. The van der Waals surface area contributed by atoms with Crippen LogP contribution in [0.5, 0.6) is 0 Å². The summed E-state index contributed by atoms with van der Waals surface area (Å²) in [6, 6.07) is -0.965. The Hall–Kier alpha value is -1.89. The van der Waals surface area contributed by atoms with E-state index in [0.717, 1.165) is 0 Å². The Balaban J connectivity index is 2.23. The monoisotopic (exact) mass is 254 g/mol. The van der Waals surface area contributed by atoms with Crippen molar-refractivity contribution in [2.75, 3.05) is 19.8 Å². The van der Waals surface area contributed by atoms with Crippen LogP contribution >= 0.6 is 0 Å². The summed E-state index contributed by atoms with van der Waals surface area (Å²) in [5, 5.41) is 9.06. The molecular weight excluding hydrogens is 240 g/mol. The van der Waals surface area contributed by atoms with E-state index in [4.69, 9.17) is 14.3 Å². The first kappa shape index (κ1) is 12.6. The van der Waals surface area contributed by atoms with Crippen LogP contribution in [0.25, 0.3) is 0 Å². The molecule has 1 saturated heterocycles. The first-order valence-electron chi connectivity index (χ1n) is 5.69. The summed E-state index contributed by atoms with van der Waals surface area (Å²) in [5.74, 6) is -1.03. The van der Waals surface area contributed by atoms with Crippen molar-refractivity contribution in [2.45, 2.75) is 19.4 Å². The van der Waals surface area contributed by atoms with Gasteiger partial charge in [0, 0.05) is 13.0 Å². The molecule has 1 aliphatic rings. The molecule has 18 heavy (non-hydrogen) atoms. The number of hydrogen-bond acceptors (Lipinski definition) is 5. The number of hydrogen-bond donors (Lipinski definition) is 1. The van der Waals surface area contributed by atoms with E-state index in [1.165, 1.54) is 11.3 Å². The van der Waals surface area contributed by atoms with Crippen molar-refractivity contribution in [1.29, 1.82) is 0 Å². The van der Waals surface area contributed by atoms with Gasteiger partial charge in [-0.15, -0.1) is 0 Å². The second-order valence-electron chi connectivity index (χ2n) is 3.91. The predicted octanol–water partition coefficient (Wildman–Crippen LogP) is 0.163. The Morgan fingerprint density at radius 2 is 2.39 bits per heavy atom. The quantitative estimate of drug-likeness (QED) is 0.826. The van der Waals surface area contributed by atoms with E-state index in [1.54, 1.807) is 0 Å². The zero-order valence-corrected chi connectivity index (χ0v) is 9.96. The zero-order chi connectivity index (χ0) is 13.1. The standard InChI is InChI=1S/C11H14N2O5/c1-2-8-9(12-6-18-8)10(14)13-3-4-17-5-7(13)11(15)16/h6-7H,2-5H2,1H3,(H,15,16). The lowest BCUT2D eigenvalue weighted by molar-refractivity contribution is -0.147. The van der Waals surface area contributed by atoms with Crippen LogP contribution in [0.3, 0.4) is 0 Å². The van der Waals surface area contributed by atoms with E-state index in [2.05, 4.69) is 4.98 Å². The molecule has 1 aliphatic heterocycles. The highest BCUT2D eigenvalue weighted by atomic mass is 16.5. The van der Waals surface area contributed by atoms with E-state index in [1.807, 2.05) is 6.92 Å². The van der Waals surface area contributed by atoms with Gasteiger partial charge in [-0.2, -0.15) is 0 Å². The summed E-state index contributed by atoms with van der Waals surface area (Å²) in [4.78, 5) is 28.4. The second-order valence-corrected chi connectivity index (χ2v) is 3.91. The first-order chi connectivity index (χ1) is 8.65. The van der Waals surface area contributed by atoms with Crippen LogP contribution < -0.4 is 0 Å². The van der Waals surface area contributed by atoms with Crippen molar-refractivity contribution in [1.82, 2.24) is 9.88 Å². The SMILES string of the molecule is CCc1ocnc1C(=O)N1CCOCC1C(=O)O. The van der Waals surface area contributed by atoms with Crippen LogP contribution in [0, 0.1) is 0 Å². The van der Waals surface area contributed by atoms with Gasteiger partial charge in [-0.3, -0.25) is 4.79 Å². The molecule has 2 rings (SSSR count). The number of ether oxygens (including phenoxy) is 1. The summed E-state index contributed by atoms with van der Waals surface area (Å²) in [6.07, 6.45) is 1.73. The summed E-state index contributed by atoms with van der Waals surface area (Å²) in [5.41, 5.74) is 0.186. The molecule has 1 aromatic heterocycles. The molecule has 1 fully saturated rings. The average Bonchev–Trinajstić information content (AvgIpc) is 2.86. The highest BCUT2D eigenvalue weighted by Gasteiger charge is 2.35. The molecule has 7 heteroatoms. The minimum atomic E-state index is -1.08. The maximum Gasteiger partial charge on any atom is 0.328 e. The topological polar surface area (TPSA) is 92.9 Å². The molecule has 2 heterocycles. The molecule has 1 aromatic rings. The van der Waals surface area contributed by atoms with Crippen LogP contribution in [-0.4, -0.2) is 52.7 Å². The third-order valence-electron chi connectivity index (χ3n) is 2.84. The number of aromatic nitrogens is 1. The molecule has 7 nitrogen and oxygen atoms in total. The molecule has 1 unspecified atom stereocenters. The van der Waals surface area contributed by atoms with E-state index >= 15 is 0 Å². The van der Waals surface area contributed by atoms with Crippen molar-refractivity contribution in [3.8, 4) is 0 Å². The Labute approximate surface area is 103 Å². The number of carboxylic acid groups (broad SMARTS) is 1. The molecule has 98 valence electrons. The Kier molecular flexibility index (Phi) is 3.61. The predicted molar refractivity (Wildman–Crippen MR) is 59.2 cm³/mol. The molecule has 1 atom stereocenters. The Bertz CT molecular complexity index is 456. The normalized spacial score (nSPS) is 19.8. The Morgan fingerprint density at radius 1 is 1.61 bits per heavy atom. The summed E-state index contributed by atoms with van der Waals surface area (Å²) >= 11 is 0. The van der Waals surface area contributed by atoms with Crippen LogP contribution in [0.4, 0.5) is 0 Å². The minimum Gasteiger partial charge on any atom is -0.480 e. The number of morpholine rings is 1. The minimum absolute atomic E-state index is 0.000380. The number of amides is 1. The second kappa shape index (κ2) is 5.18. The van der Waals surface area contributed by atoms with Gasteiger partial charge in [0.1, 0.15) is 5.76 Å². The van der Waals surface area contributed by atoms with E-state index in [-0.39, 0.29) is 18.8 Å². The summed E-state index contributed by atoms with van der Waals surface area (Å²) < 4.78 is 10.2. The van der Waals surface area contributed by atoms with Crippen molar-refractivity contribution in [3.05, 3.63) is 17.8 Å². The van der Waals surface area contributed by atoms with Gasteiger partial charge in [-0.1, -0.05) is 6.92 Å². The van der Waals surface area contributed by atoms with Gasteiger partial charge in [0.05, 0.1) is 13.2 Å². The first-order valence-corrected chi connectivity index (χ1v) is 5.69. The van der Waals surface area contributed by atoms with Gasteiger partial charge in [-0.05, 0) is 0 Å². The lowest BCUT2D eigenvalue weighted by Gasteiger charge is -2.32. The third kappa shape index (κ3) is 2.21. The number of carboxylic acids is 1. The molecule has 0 spiro atoms. The van der Waals surface area contributed by atoms with Crippen molar-refractivity contribution in [3.63, 3.8) is 0 Å². The average molecular weight is 254 g/mol. The van der Waals surface area contributed by atoms with Crippen LogP contribution in [0.2, 0.25) is 0 Å². The van der Waals surface area contributed by atoms with E-state index in [9.17, 15) is 9.59 Å². The molecule has 0 aliphatic carbocycles. The van der Waals surface area contributed by atoms with Crippen LogP contribution in [0.15, 0.2) is 10.8 Å². The molecule has 0 radical (unpaired) electrons. The van der Waals surface area contributed by atoms with Crippen molar-refractivity contribution < 1.29 is 23.8 Å². The number of carbonyl (C=O) groups is 2.